The van der Waals surface area contributed by atoms with E-state index >= 15 is 0 Å². The smallest absolute Gasteiger partial charge is 0.161 e. The molecule has 0 saturated carbocycles. The lowest BCUT2D eigenvalue weighted by Crippen LogP contribution is -2.18. The van der Waals surface area contributed by atoms with Crippen LogP contribution in [-0.4, -0.2) is 19.8 Å². The number of fused-ring (bicyclic) bond motifs is 1. The Kier molecular flexibility index (Phi) is 4.27. The standard InChI is InChI=1S/C18H18N2O2/c19-11-14-3-1-13(2-4-14)9-16(12-20)15-5-6-17-18(10-15)22-8-7-21-17/h1-6,10,16H,7-9,12,20H2. The maximum Gasteiger partial charge on any atom is 0.161 e. The minimum absolute atomic E-state index is 0.212. The van der Waals surface area contributed by atoms with Crippen molar-refractivity contribution in [1.29, 1.82) is 5.26 Å². The van der Waals surface area contributed by atoms with Crippen molar-refractivity contribution in [1.82, 2.24) is 0 Å². The van der Waals surface area contributed by atoms with Crippen LogP contribution >= 0.6 is 0 Å². The molecular weight excluding hydrogens is 276 g/mol. The summed E-state index contributed by atoms with van der Waals surface area (Å²) in [5.74, 6) is 1.80. The molecule has 1 heterocycles. The Morgan fingerprint density at radius 3 is 2.45 bits per heavy atom. The van der Waals surface area contributed by atoms with Crippen molar-refractivity contribution in [2.24, 2.45) is 5.73 Å². The maximum absolute atomic E-state index is 8.85. The predicted octanol–water partition coefficient (Wildman–Crippen LogP) is 2.61. The number of nitriles is 1. The minimum Gasteiger partial charge on any atom is -0.486 e. The van der Waals surface area contributed by atoms with Crippen LogP contribution in [0.15, 0.2) is 42.5 Å². The Labute approximate surface area is 130 Å². The van der Waals surface area contributed by atoms with E-state index in [0.717, 1.165) is 23.5 Å². The fraction of sp³-hybridized carbons (Fsp3) is 0.278. The van der Waals surface area contributed by atoms with Gasteiger partial charge in [0.1, 0.15) is 13.2 Å². The number of ether oxygens (including phenoxy) is 2. The van der Waals surface area contributed by atoms with E-state index in [-0.39, 0.29) is 5.92 Å². The molecule has 0 radical (unpaired) electrons. The van der Waals surface area contributed by atoms with E-state index in [4.69, 9.17) is 20.5 Å². The Hall–Kier alpha value is -2.51. The van der Waals surface area contributed by atoms with Crippen LogP contribution in [0.1, 0.15) is 22.6 Å². The summed E-state index contributed by atoms with van der Waals surface area (Å²) in [5.41, 5.74) is 8.95. The largest absolute Gasteiger partial charge is 0.486 e. The first-order chi connectivity index (χ1) is 10.8. The van der Waals surface area contributed by atoms with E-state index in [1.165, 1.54) is 5.56 Å². The third-order valence-corrected chi connectivity index (χ3v) is 3.89. The number of nitrogens with zero attached hydrogens (tertiary/aromatic N) is 1. The van der Waals surface area contributed by atoms with Crippen molar-refractivity contribution < 1.29 is 9.47 Å². The summed E-state index contributed by atoms with van der Waals surface area (Å²) in [6.07, 6.45) is 0.835. The first kappa shape index (κ1) is 14.4. The molecule has 0 saturated heterocycles. The SMILES string of the molecule is N#Cc1ccc(CC(CN)c2ccc3c(c2)OCCO3)cc1. The molecule has 112 valence electrons. The second-order valence-corrected chi connectivity index (χ2v) is 5.35. The lowest BCUT2D eigenvalue weighted by atomic mass is 9.91. The van der Waals surface area contributed by atoms with E-state index in [2.05, 4.69) is 12.1 Å². The number of nitrogens with two attached hydrogens (primary N) is 1. The molecule has 0 spiro atoms. The van der Waals surface area contributed by atoms with Gasteiger partial charge in [0.2, 0.25) is 0 Å². The van der Waals surface area contributed by atoms with E-state index < -0.39 is 0 Å². The molecule has 3 rings (SSSR count). The van der Waals surface area contributed by atoms with Crippen molar-refractivity contribution in [3.63, 3.8) is 0 Å². The first-order valence-electron chi connectivity index (χ1n) is 7.39. The normalized spacial score (nSPS) is 14.2. The average molecular weight is 294 g/mol. The summed E-state index contributed by atoms with van der Waals surface area (Å²) in [7, 11) is 0. The lowest BCUT2D eigenvalue weighted by molar-refractivity contribution is 0.171. The summed E-state index contributed by atoms with van der Waals surface area (Å²) in [4.78, 5) is 0. The Morgan fingerprint density at radius 2 is 1.77 bits per heavy atom. The van der Waals surface area contributed by atoms with Crippen LogP contribution < -0.4 is 15.2 Å². The minimum atomic E-state index is 0.212. The zero-order chi connectivity index (χ0) is 15.4. The van der Waals surface area contributed by atoms with Crippen molar-refractivity contribution in [2.75, 3.05) is 19.8 Å². The van der Waals surface area contributed by atoms with Gasteiger partial charge in [0.15, 0.2) is 11.5 Å². The summed E-state index contributed by atoms with van der Waals surface area (Å²) in [6.45, 7) is 1.73. The highest BCUT2D eigenvalue weighted by atomic mass is 16.6. The topological polar surface area (TPSA) is 68.3 Å². The molecule has 0 amide bonds. The molecule has 1 aliphatic rings. The van der Waals surface area contributed by atoms with Crippen molar-refractivity contribution in [3.05, 3.63) is 59.2 Å². The highest BCUT2D eigenvalue weighted by Crippen LogP contribution is 2.33. The van der Waals surface area contributed by atoms with Crippen molar-refractivity contribution in [3.8, 4) is 17.6 Å². The second-order valence-electron chi connectivity index (χ2n) is 5.35. The van der Waals surface area contributed by atoms with E-state index in [9.17, 15) is 0 Å². The number of rotatable bonds is 4. The second kappa shape index (κ2) is 6.50. The molecule has 4 heteroatoms. The van der Waals surface area contributed by atoms with Crippen molar-refractivity contribution >= 4 is 0 Å². The first-order valence-corrected chi connectivity index (χ1v) is 7.39. The molecule has 2 N–H and O–H groups in total. The summed E-state index contributed by atoms with van der Waals surface area (Å²) in [5, 5.41) is 8.85. The van der Waals surface area contributed by atoms with Gasteiger partial charge in [-0.15, -0.1) is 0 Å². The maximum atomic E-state index is 8.85. The zero-order valence-electron chi connectivity index (χ0n) is 12.3. The van der Waals surface area contributed by atoms with Gasteiger partial charge in [0.05, 0.1) is 11.6 Å². The summed E-state index contributed by atoms with van der Waals surface area (Å²) in [6, 6.07) is 15.8. The molecular formula is C18H18N2O2. The van der Waals surface area contributed by atoms with Gasteiger partial charge in [0, 0.05) is 5.92 Å². The van der Waals surface area contributed by atoms with Crippen LogP contribution in [-0.2, 0) is 6.42 Å². The van der Waals surface area contributed by atoms with Gasteiger partial charge in [-0.1, -0.05) is 18.2 Å². The average Bonchev–Trinajstić information content (AvgIpc) is 2.59. The van der Waals surface area contributed by atoms with Crippen LogP contribution in [0.5, 0.6) is 11.5 Å². The van der Waals surface area contributed by atoms with Crippen LogP contribution in [0.2, 0.25) is 0 Å². The van der Waals surface area contributed by atoms with Crippen LogP contribution in [0.4, 0.5) is 0 Å². The Balaban J connectivity index is 1.79. The molecule has 4 nitrogen and oxygen atoms in total. The predicted molar refractivity (Wildman–Crippen MR) is 84.1 cm³/mol. The van der Waals surface area contributed by atoms with E-state index in [1.54, 1.807) is 0 Å². The molecule has 2 aromatic carbocycles. The molecule has 22 heavy (non-hydrogen) atoms. The molecule has 1 aliphatic heterocycles. The van der Waals surface area contributed by atoms with Gasteiger partial charge in [-0.25, -0.2) is 0 Å². The van der Waals surface area contributed by atoms with E-state index in [1.807, 2.05) is 36.4 Å². The molecule has 0 aromatic heterocycles. The third-order valence-electron chi connectivity index (χ3n) is 3.89. The fourth-order valence-electron chi connectivity index (χ4n) is 2.65. The molecule has 1 atom stereocenters. The van der Waals surface area contributed by atoms with Gasteiger partial charge in [-0.2, -0.15) is 5.26 Å². The van der Waals surface area contributed by atoms with Crippen LogP contribution in [0, 0.1) is 11.3 Å². The highest BCUT2D eigenvalue weighted by molar-refractivity contribution is 5.45. The lowest BCUT2D eigenvalue weighted by Gasteiger charge is -2.21. The monoisotopic (exact) mass is 294 g/mol. The number of benzene rings is 2. The summed E-state index contributed by atoms with van der Waals surface area (Å²) >= 11 is 0. The number of hydrogen-bond acceptors (Lipinski definition) is 4. The Bertz CT molecular complexity index is 689. The van der Waals surface area contributed by atoms with Crippen LogP contribution in [0.25, 0.3) is 0 Å². The zero-order valence-corrected chi connectivity index (χ0v) is 12.3. The summed E-state index contributed by atoms with van der Waals surface area (Å²) < 4.78 is 11.2. The van der Waals surface area contributed by atoms with Gasteiger partial charge < -0.3 is 15.2 Å². The third kappa shape index (κ3) is 3.05. The number of hydrogen-bond donors (Lipinski definition) is 1. The van der Waals surface area contributed by atoms with E-state index in [0.29, 0.717) is 25.3 Å². The highest BCUT2D eigenvalue weighted by Gasteiger charge is 2.16. The van der Waals surface area contributed by atoms with Crippen molar-refractivity contribution in [2.45, 2.75) is 12.3 Å². The molecule has 0 bridgehead atoms. The van der Waals surface area contributed by atoms with Gasteiger partial charge in [-0.05, 0) is 48.4 Å². The van der Waals surface area contributed by atoms with Gasteiger partial charge in [0.25, 0.3) is 0 Å². The molecule has 2 aromatic rings. The Morgan fingerprint density at radius 1 is 1.05 bits per heavy atom. The van der Waals surface area contributed by atoms with Gasteiger partial charge >= 0.3 is 0 Å². The molecule has 1 unspecified atom stereocenters. The van der Waals surface area contributed by atoms with Crippen LogP contribution in [0.3, 0.4) is 0 Å². The quantitative estimate of drug-likeness (QED) is 0.941. The fourth-order valence-corrected chi connectivity index (χ4v) is 2.65. The molecule has 0 aliphatic carbocycles. The molecule has 0 fully saturated rings. The van der Waals surface area contributed by atoms with Gasteiger partial charge in [-0.3, -0.25) is 0 Å².